The summed E-state index contributed by atoms with van der Waals surface area (Å²) in [4.78, 5) is 13.6. The monoisotopic (exact) mass is 416 g/mol. The van der Waals surface area contributed by atoms with Crippen LogP contribution in [0.3, 0.4) is 0 Å². The molecule has 2 aromatic heterocycles. The van der Waals surface area contributed by atoms with Gasteiger partial charge in [0.15, 0.2) is 0 Å². The van der Waals surface area contributed by atoms with Crippen LogP contribution in [0.15, 0.2) is 73.1 Å². The van der Waals surface area contributed by atoms with E-state index in [-0.39, 0.29) is 0 Å². The van der Waals surface area contributed by atoms with Gasteiger partial charge in [0.05, 0.1) is 5.52 Å². The van der Waals surface area contributed by atoms with Gasteiger partial charge in [-0.25, -0.2) is 9.97 Å². The molecule has 4 aromatic rings. The van der Waals surface area contributed by atoms with Gasteiger partial charge in [0.1, 0.15) is 5.82 Å². The summed E-state index contributed by atoms with van der Waals surface area (Å²) in [7, 11) is 0. The number of aryl methyl sites for hydroxylation is 1. The topological polar surface area (TPSA) is 50.7 Å². The predicted octanol–water partition coefficient (Wildman–Crippen LogP) is 6.09. The van der Waals surface area contributed by atoms with Crippen molar-refractivity contribution in [2.75, 3.05) is 11.9 Å². The van der Waals surface area contributed by atoms with Crippen molar-refractivity contribution in [1.82, 2.24) is 15.0 Å². The Kier molecular flexibility index (Phi) is 6.88. The van der Waals surface area contributed by atoms with Gasteiger partial charge >= 0.3 is 0 Å². The van der Waals surface area contributed by atoms with E-state index in [4.69, 9.17) is 16.6 Å². The third-order valence-electron chi connectivity index (χ3n) is 5.09. The van der Waals surface area contributed by atoms with Crippen LogP contribution in [0.2, 0.25) is 5.02 Å². The lowest BCUT2D eigenvalue weighted by atomic mass is 10.1. The number of halogens is 1. The molecule has 0 saturated carbocycles. The maximum absolute atomic E-state index is 6.06. The van der Waals surface area contributed by atoms with Crippen LogP contribution in [-0.4, -0.2) is 21.5 Å². The quantitative estimate of drug-likeness (QED) is 0.335. The highest BCUT2D eigenvalue weighted by molar-refractivity contribution is 6.31. The molecule has 0 fully saturated rings. The van der Waals surface area contributed by atoms with Gasteiger partial charge in [0.2, 0.25) is 0 Å². The van der Waals surface area contributed by atoms with E-state index in [0.717, 1.165) is 66.8 Å². The van der Waals surface area contributed by atoms with E-state index < -0.39 is 0 Å². The Morgan fingerprint density at radius 2 is 1.70 bits per heavy atom. The second kappa shape index (κ2) is 10.2. The standard InChI is InChI=1S/C25H25ClN4/c26-20-10-11-22-23(13-16-28-24(22)18-20)27-14-6-2-5-9-25-29-15-12-21(30-25)17-19-7-3-1-4-8-19/h1,3-4,7-8,10-13,15-16,18H,2,5-6,9,14,17H2,(H,27,28). The molecule has 0 aliphatic heterocycles. The molecule has 0 saturated heterocycles. The number of hydrogen-bond acceptors (Lipinski definition) is 4. The van der Waals surface area contributed by atoms with Crippen molar-refractivity contribution in [3.63, 3.8) is 0 Å². The first kappa shape index (κ1) is 20.3. The van der Waals surface area contributed by atoms with Gasteiger partial charge < -0.3 is 5.32 Å². The average Bonchev–Trinajstić information content (AvgIpc) is 2.77. The zero-order valence-electron chi connectivity index (χ0n) is 16.9. The molecule has 0 aliphatic carbocycles. The number of fused-ring (bicyclic) bond motifs is 1. The van der Waals surface area contributed by atoms with Crippen LogP contribution in [0, 0.1) is 0 Å². The third kappa shape index (κ3) is 5.55. The predicted molar refractivity (Wildman–Crippen MR) is 124 cm³/mol. The molecule has 4 rings (SSSR count). The fraction of sp³-hybridized carbons (Fsp3) is 0.240. The minimum absolute atomic E-state index is 0.710. The SMILES string of the molecule is Clc1ccc2c(NCCCCCc3nccc(Cc4ccccc4)n3)ccnc2c1. The van der Waals surface area contributed by atoms with Gasteiger partial charge in [0.25, 0.3) is 0 Å². The van der Waals surface area contributed by atoms with E-state index >= 15 is 0 Å². The summed E-state index contributed by atoms with van der Waals surface area (Å²) in [5, 5.41) is 5.34. The lowest BCUT2D eigenvalue weighted by Crippen LogP contribution is -2.03. The zero-order valence-corrected chi connectivity index (χ0v) is 17.6. The number of pyridine rings is 1. The summed E-state index contributed by atoms with van der Waals surface area (Å²) >= 11 is 6.06. The minimum Gasteiger partial charge on any atom is -0.384 e. The molecule has 0 spiro atoms. The Morgan fingerprint density at radius 1 is 0.833 bits per heavy atom. The summed E-state index contributed by atoms with van der Waals surface area (Å²) in [6, 6.07) is 20.3. The lowest BCUT2D eigenvalue weighted by Gasteiger charge is -2.09. The molecule has 152 valence electrons. The fourth-order valence-corrected chi connectivity index (χ4v) is 3.71. The summed E-state index contributed by atoms with van der Waals surface area (Å²) < 4.78 is 0. The van der Waals surface area contributed by atoms with Crippen LogP contribution in [0.5, 0.6) is 0 Å². The molecule has 0 atom stereocenters. The molecule has 30 heavy (non-hydrogen) atoms. The summed E-state index contributed by atoms with van der Waals surface area (Å²) in [6.07, 6.45) is 8.78. The van der Waals surface area contributed by atoms with Crippen molar-refractivity contribution in [2.24, 2.45) is 0 Å². The highest BCUT2D eigenvalue weighted by atomic mass is 35.5. The minimum atomic E-state index is 0.710. The van der Waals surface area contributed by atoms with E-state index in [0.29, 0.717) is 5.02 Å². The lowest BCUT2D eigenvalue weighted by molar-refractivity contribution is 0.676. The number of nitrogens with one attached hydrogen (secondary N) is 1. The number of hydrogen-bond donors (Lipinski definition) is 1. The summed E-state index contributed by atoms with van der Waals surface area (Å²) in [5.74, 6) is 0.938. The number of benzene rings is 2. The van der Waals surface area contributed by atoms with Crippen LogP contribution < -0.4 is 5.32 Å². The summed E-state index contributed by atoms with van der Waals surface area (Å²) in [5.41, 5.74) is 4.38. The fourth-order valence-electron chi connectivity index (χ4n) is 3.55. The first-order chi connectivity index (χ1) is 14.8. The van der Waals surface area contributed by atoms with Crippen LogP contribution in [0.4, 0.5) is 5.69 Å². The van der Waals surface area contributed by atoms with Gasteiger partial charge in [-0.2, -0.15) is 0 Å². The molecule has 1 N–H and O–H groups in total. The number of rotatable bonds is 9. The maximum atomic E-state index is 6.06. The number of unbranched alkanes of at least 4 members (excludes halogenated alkanes) is 2. The Hall–Kier alpha value is -2.98. The van der Waals surface area contributed by atoms with Gasteiger partial charge in [-0.1, -0.05) is 48.4 Å². The van der Waals surface area contributed by atoms with E-state index in [1.807, 2.05) is 48.8 Å². The summed E-state index contributed by atoms with van der Waals surface area (Å²) in [6.45, 7) is 0.927. The molecular weight excluding hydrogens is 392 g/mol. The molecule has 0 bridgehead atoms. The van der Waals surface area contributed by atoms with E-state index in [1.54, 1.807) is 0 Å². The van der Waals surface area contributed by atoms with Crippen LogP contribution in [0.25, 0.3) is 10.9 Å². The Bertz CT molecular complexity index is 1100. The molecule has 0 radical (unpaired) electrons. The second-order valence-electron chi connectivity index (χ2n) is 7.38. The van der Waals surface area contributed by atoms with Gasteiger partial charge in [-0.15, -0.1) is 0 Å². The number of anilines is 1. The van der Waals surface area contributed by atoms with Crippen molar-refractivity contribution < 1.29 is 0 Å². The molecule has 0 aliphatic rings. The highest BCUT2D eigenvalue weighted by Crippen LogP contribution is 2.24. The van der Waals surface area contributed by atoms with E-state index in [1.165, 1.54) is 5.56 Å². The maximum Gasteiger partial charge on any atom is 0.128 e. The number of nitrogens with zero attached hydrogens (tertiary/aromatic N) is 3. The van der Waals surface area contributed by atoms with E-state index in [9.17, 15) is 0 Å². The van der Waals surface area contributed by atoms with Crippen molar-refractivity contribution in [1.29, 1.82) is 0 Å². The Balaban J connectivity index is 1.22. The molecule has 2 heterocycles. The average molecular weight is 417 g/mol. The van der Waals surface area contributed by atoms with Crippen molar-refractivity contribution in [2.45, 2.75) is 32.1 Å². The Morgan fingerprint density at radius 3 is 2.60 bits per heavy atom. The first-order valence-corrected chi connectivity index (χ1v) is 10.8. The van der Waals surface area contributed by atoms with Gasteiger partial charge in [-0.05, 0) is 48.7 Å². The smallest absolute Gasteiger partial charge is 0.128 e. The zero-order chi connectivity index (χ0) is 20.6. The Labute approximate surface area is 182 Å². The van der Waals surface area contributed by atoms with E-state index in [2.05, 4.69) is 39.6 Å². The highest BCUT2D eigenvalue weighted by Gasteiger charge is 2.04. The second-order valence-corrected chi connectivity index (χ2v) is 7.82. The normalized spacial score (nSPS) is 11.0. The first-order valence-electron chi connectivity index (χ1n) is 10.4. The third-order valence-corrected chi connectivity index (χ3v) is 5.32. The largest absolute Gasteiger partial charge is 0.384 e. The molecule has 0 amide bonds. The van der Waals surface area contributed by atoms with Crippen molar-refractivity contribution in [3.05, 3.63) is 95.2 Å². The van der Waals surface area contributed by atoms with Crippen LogP contribution in [0.1, 0.15) is 36.3 Å². The van der Waals surface area contributed by atoms with Crippen molar-refractivity contribution >= 4 is 28.2 Å². The molecule has 4 nitrogen and oxygen atoms in total. The van der Waals surface area contributed by atoms with Crippen molar-refractivity contribution in [3.8, 4) is 0 Å². The number of aromatic nitrogens is 3. The molecule has 5 heteroatoms. The molecular formula is C25H25ClN4. The molecule has 2 aromatic carbocycles. The van der Waals surface area contributed by atoms with Gasteiger partial charge in [-0.3, -0.25) is 4.98 Å². The molecule has 0 unspecified atom stereocenters. The van der Waals surface area contributed by atoms with Gasteiger partial charge in [0, 0.05) is 53.6 Å². The van der Waals surface area contributed by atoms with Crippen LogP contribution >= 0.6 is 11.6 Å². The van der Waals surface area contributed by atoms with Crippen LogP contribution in [-0.2, 0) is 12.8 Å².